The van der Waals surface area contributed by atoms with Gasteiger partial charge >= 0.3 is 0 Å². The first-order valence-electron chi connectivity index (χ1n) is 2.86. The quantitative estimate of drug-likeness (QED) is 0.567. The Morgan fingerprint density at radius 2 is 1.91 bits per heavy atom. The molecule has 58 valence electrons. The fourth-order valence-corrected chi connectivity index (χ4v) is 4.42. The van der Waals surface area contributed by atoms with E-state index in [9.17, 15) is 0 Å². The summed E-state index contributed by atoms with van der Waals surface area (Å²) in [6, 6.07) is 4.08. The lowest BCUT2D eigenvalue weighted by molar-refractivity contribution is 1.41. The van der Waals surface area contributed by atoms with E-state index in [1.54, 1.807) is 21.8 Å². The van der Waals surface area contributed by atoms with Gasteiger partial charge in [0.25, 0.3) is 0 Å². The van der Waals surface area contributed by atoms with E-state index in [-0.39, 0.29) is 0 Å². The summed E-state index contributed by atoms with van der Waals surface area (Å²) in [7, 11) is 3.38. The van der Waals surface area contributed by atoms with Gasteiger partial charge in [-0.1, -0.05) is 0 Å². The SMILES string of the molecule is Brc1ccc(Br)c2c1NSS2. The third-order valence-corrected chi connectivity index (χ3v) is 4.87. The lowest BCUT2D eigenvalue weighted by Gasteiger charge is -2.01. The van der Waals surface area contributed by atoms with Crippen LogP contribution in [0.2, 0.25) is 0 Å². The average molecular weight is 313 g/mol. The van der Waals surface area contributed by atoms with Crippen molar-refractivity contribution in [2.45, 2.75) is 4.90 Å². The molecule has 1 aromatic rings. The number of rotatable bonds is 0. The molecule has 0 atom stereocenters. The Labute approximate surface area is 89.5 Å². The van der Waals surface area contributed by atoms with Gasteiger partial charge in [0.05, 0.1) is 10.6 Å². The molecule has 0 radical (unpaired) electrons. The lowest BCUT2D eigenvalue weighted by Crippen LogP contribution is -1.81. The van der Waals surface area contributed by atoms with Gasteiger partial charge in [-0.05, 0) is 54.8 Å². The first kappa shape index (κ1) is 8.29. The molecule has 0 saturated carbocycles. The molecular formula is C6H3Br2NS2. The molecule has 0 aliphatic carbocycles. The number of halogens is 2. The van der Waals surface area contributed by atoms with Gasteiger partial charge in [0.15, 0.2) is 0 Å². The smallest absolute Gasteiger partial charge is 0.0749 e. The maximum absolute atomic E-state index is 3.49. The Balaban J connectivity index is 2.64. The Morgan fingerprint density at radius 1 is 1.18 bits per heavy atom. The van der Waals surface area contributed by atoms with Crippen LogP contribution in [0.25, 0.3) is 0 Å². The number of benzene rings is 1. The molecule has 0 amide bonds. The number of fused-ring (bicyclic) bond motifs is 1. The van der Waals surface area contributed by atoms with Crippen LogP contribution in [0.1, 0.15) is 0 Å². The Morgan fingerprint density at radius 3 is 2.64 bits per heavy atom. The van der Waals surface area contributed by atoms with Crippen LogP contribution in [-0.4, -0.2) is 0 Å². The molecule has 1 aromatic carbocycles. The van der Waals surface area contributed by atoms with E-state index in [4.69, 9.17) is 0 Å². The minimum atomic E-state index is 1.12. The van der Waals surface area contributed by atoms with Gasteiger partial charge in [-0.3, -0.25) is 0 Å². The minimum absolute atomic E-state index is 1.12. The Kier molecular flexibility index (Phi) is 2.41. The second-order valence-electron chi connectivity index (χ2n) is 2.00. The Hall–Kier alpha value is 0.680. The van der Waals surface area contributed by atoms with Crippen LogP contribution in [0.15, 0.2) is 26.0 Å². The molecule has 0 unspecified atom stereocenters. The van der Waals surface area contributed by atoms with Crippen molar-refractivity contribution in [3.05, 3.63) is 21.1 Å². The highest BCUT2D eigenvalue weighted by molar-refractivity contribution is 9.11. The number of hydrogen-bond donors (Lipinski definition) is 1. The zero-order chi connectivity index (χ0) is 7.84. The highest BCUT2D eigenvalue weighted by Gasteiger charge is 2.17. The fourth-order valence-electron chi connectivity index (χ4n) is 0.814. The van der Waals surface area contributed by atoms with Crippen molar-refractivity contribution in [2.75, 3.05) is 4.72 Å². The third kappa shape index (κ3) is 1.43. The fraction of sp³-hybridized carbons (Fsp3) is 0. The van der Waals surface area contributed by atoms with E-state index in [2.05, 4.69) is 36.6 Å². The lowest BCUT2D eigenvalue weighted by atomic mass is 10.3. The highest BCUT2D eigenvalue weighted by atomic mass is 79.9. The van der Waals surface area contributed by atoms with E-state index < -0.39 is 0 Å². The molecule has 0 bridgehead atoms. The topological polar surface area (TPSA) is 12.0 Å². The van der Waals surface area contributed by atoms with Crippen LogP contribution >= 0.6 is 53.6 Å². The van der Waals surface area contributed by atoms with Crippen molar-refractivity contribution in [1.82, 2.24) is 0 Å². The molecule has 1 aliphatic rings. The van der Waals surface area contributed by atoms with E-state index in [1.165, 1.54) is 10.6 Å². The summed E-state index contributed by atoms with van der Waals surface area (Å²) in [5, 5.41) is 0. The molecule has 1 aliphatic heterocycles. The molecule has 0 fully saturated rings. The zero-order valence-corrected chi connectivity index (χ0v) is 10.0. The number of anilines is 1. The molecule has 0 saturated heterocycles. The maximum atomic E-state index is 3.49. The highest BCUT2D eigenvalue weighted by Crippen LogP contribution is 2.50. The van der Waals surface area contributed by atoms with Crippen LogP contribution in [0, 0.1) is 0 Å². The normalized spacial score (nSPS) is 14.4. The van der Waals surface area contributed by atoms with Gasteiger partial charge in [-0.2, -0.15) is 0 Å². The molecule has 2 rings (SSSR count). The summed E-state index contributed by atoms with van der Waals surface area (Å²) in [6.45, 7) is 0. The molecule has 5 heteroatoms. The molecular weight excluding hydrogens is 310 g/mol. The van der Waals surface area contributed by atoms with Crippen molar-refractivity contribution < 1.29 is 0 Å². The van der Waals surface area contributed by atoms with Crippen molar-refractivity contribution in [3.63, 3.8) is 0 Å². The van der Waals surface area contributed by atoms with E-state index in [1.807, 2.05) is 12.1 Å². The van der Waals surface area contributed by atoms with Gasteiger partial charge in [0.1, 0.15) is 0 Å². The monoisotopic (exact) mass is 311 g/mol. The van der Waals surface area contributed by atoms with Crippen LogP contribution in [-0.2, 0) is 0 Å². The maximum Gasteiger partial charge on any atom is 0.0749 e. The minimum Gasteiger partial charge on any atom is -0.318 e. The van der Waals surface area contributed by atoms with Crippen LogP contribution < -0.4 is 4.72 Å². The van der Waals surface area contributed by atoms with Crippen molar-refractivity contribution in [3.8, 4) is 0 Å². The van der Waals surface area contributed by atoms with Gasteiger partial charge in [0, 0.05) is 19.9 Å². The first-order valence-corrected chi connectivity index (χ1v) is 6.60. The molecule has 1 heterocycles. The summed E-state index contributed by atoms with van der Waals surface area (Å²) in [5.74, 6) is 0. The van der Waals surface area contributed by atoms with E-state index in [0.717, 1.165) is 8.95 Å². The summed E-state index contributed by atoms with van der Waals surface area (Å²) in [4.78, 5) is 1.27. The average Bonchev–Trinajstić information content (AvgIpc) is 2.45. The summed E-state index contributed by atoms with van der Waals surface area (Å²) < 4.78 is 5.48. The molecule has 1 nitrogen and oxygen atoms in total. The van der Waals surface area contributed by atoms with Gasteiger partial charge < -0.3 is 4.72 Å². The van der Waals surface area contributed by atoms with Gasteiger partial charge in [0.2, 0.25) is 0 Å². The second-order valence-corrected chi connectivity index (χ2v) is 5.66. The second kappa shape index (κ2) is 3.20. The predicted molar refractivity (Wildman–Crippen MR) is 58.9 cm³/mol. The molecule has 11 heavy (non-hydrogen) atoms. The van der Waals surface area contributed by atoms with Crippen LogP contribution in [0.3, 0.4) is 0 Å². The number of hydrogen-bond acceptors (Lipinski definition) is 3. The Bertz CT molecular complexity index is 274. The predicted octanol–water partition coefficient (Wildman–Crippen LogP) is 4.29. The molecule has 1 N–H and O–H groups in total. The standard InChI is InChI=1S/C6H3Br2NS2/c7-3-1-2-4(8)6-5(3)9-11-10-6/h1-2,9H. The summed E-state index contributed by atoms with van der Waals surface area (Å²) in [6.07, 6.45) is 0. The third-order valence-electron chi connectivity index (χ3n) is 1.33. The van der Waals surface area contributed by atoms with E-state index in [0.29, 0.717) is 0 Å². The van der Waals surface area contributed by atoms with Crippen LogP contribution in [0.4, 0.5) is 5.69 Å². The summed E-state index contributed by atoms with van der Waals surface area (Å²) >= 11 is 6.96. The zero-order valence-electron chi connectivity index (χ0n) is 5.23. The molecule has 0 aromatic heterocycles. The van der Waals surface area contributed by atoms with Crippen LogP contribution in [0.5, 0.6) is 0 Å². The first-order chi connectivity index (χ1) is 5.29. The number of nitrogens with one attached hydrogen (secondary N) is 1. The largest absolute Gasteiger partial charge is 0.318 e. The summed E-state index contributed by atoms with van der Waals surface area (Å²) in [5.41, 5.74) is 1.18. The van der Waals surface area contributed by atoms with Gasteiger partial charge in [-0.25, -0.2) is 0 Å². The van der Waals surface area contributed by atoms with E-state index >= 15 is 0 Å². The van der Waals surface area contributed by atoms with Crippen molar-refractivity contribution in [1.29, 1.82) is 0 Å². The molecule has 0 spiro atoms. The van der Waals surface area contributed by atoms with Crippen molar-refractivity contribution in [2.24, 2.45) is 0 Å². The van der Waals surface area contributed by atoms with Gasteiger partial charge in [-0.15, -0.1) is 0 Å². The van der Waals surface area contributed by atoms with Crippen molar-refractivity contribution >= 4 is 59.3 Å².